The van der Waals surface area contributed by atoms with Crippen LogP contribution < -0.4 is 0 Å². The van der Waals surface area contributed by atoms with Gasteiger partial charge < -0.3 is 9.80 Å². The van der Waals surface area contributed by atoms with Gasteiger partial charge in [-0.15, -0.1) is 0 Å². The van der Waals surface area contributed by atoms with Gasteiger partial charge in [0, 0.05) is 19.1 Å². The lowest BCUT2D eigenvalue weighted by Gasteiger charge is -2.42. The SMILES string of the molecule is CCN1CCC(N2CCCC(CN3CCCC3)C2)CC1. The summed E-state index contributed by atoms with van der Waals surface area (Å²) in [5, 5.41) is 0. The summed E-state index contributed by atoms with van der Waals surface area (Å²) < 4.78 is 0. The molecule has 3 fully saturated rings. The summed E-state index contributed by atoms with van der Waals surface area (Å²) in [5.41, 5.74) is 0. The van der Waals surface area contributed by atoms with Gasteiger partial charge in [-0.2, -0.15) is 0 Å². The van der Waals surface area contributed by atoms with E-state index in [-0.39, 0.29) is 0 Å². The fourth-order valence-corrected chi connectivity index (χ4v) is 4.51. The Bertz CT molecular complexity index is 280. The molecule has 0 aromatic rings. The number of likely N-dealkylation sites (tertiary alicyclic amines) is 3. The summed E-state index contributed by atoms with van der Waals surface area (Å²) >= 11 is 0. The molecule has 20 heavy (non-hydrogen) atoms. The lowest BCUT2D eigenvalue weighted by atomic mass is 9.93. The standard InChI is InChI=1S/C17H33N3/c1-2-18-12-7-17(8-13-18)20-11-5-6-16(15-20)14-19-9-3-4-10-19/h16-17H,2-15H2,1H3. The number of hydrogen-bond donors (Lipinski definition) is 0. The Balaban J connectivity index is 1.45. The molecule has 1 unspecified atom stereocenters. The highest BCUT2D eigenvalue weighted by molar-refractivity contribution is 4.85. The lowest BCUT2D eigenvalue weighted by Crippen LogP contribution is -2.49. The van der Waals surface area contributed by atoms with Gasteiger partial charge in [-0.25, -0.2) is 0 Å². The van der Waals surface area contributed by atoms with E-state index in [4.69, 9.17) is 0 Å². The van der Waals surface area contributed by atoms with Gasteiger partial charge in [-0.05, 0) is 83.7 Å². The Morgan fingerprint density at radius 2 is 1.55 bits per heavy atom. The van der Waals surface area contributed by atoms with Crippen LogP contribution in [0.1, 0.15) is 45.4 Å². The molecule has 1 atom stereocenters. The van der Waals surface area contributed by atoms with E-state index >= 15 is 0 Å². The maximum atomic E-state index is 2.84. The van der Waals surface area contributed by atoms with E-state index in [2.05, 4.69) is 21.6 Å². The zero-order valence-electron chi connectivity index (χ0n) is 13.4. The highest BCUT2D eigenvalue weighted by atomic mass is 15.2. The quantitative estimate of drug-likeness (QED) is 0.782. The number of rotatable bonds is 4. The van der Waals surface area contributed by atoms with Gasteiger partial charge in [0.15, 0.2) is 0 Å². The van der Waals surface area contributed by atoms with Crippen LogP contribution in [0.4, 0.5) is 0 Å². The Hall–Kier alpha value is -0.120. The summed E-state index contributed by atoms with van der Waals surface area (Å²) in [5.74, 6) is 0.950. The van der Waals surface area contributed by atoms with Crippen molar-refractivity contribution in [3.63, 3.8) is 0 Å². The fourth-order valence-electron chi connectivity index (χ4n) is 4.51. The molecule has 0 aliphatic carbocycles. The molecule has 3 nitrogen and oxygen atoms in total. The first kappa shape index (κ1) is 14.8. The first-order valence-electron chi connectivity index (χ1n) is 9.04. The molecule has 116 valence electrons. The minimum absolute atomic E-state index is 0.888. The predicted octanol–water partition coefficient (Wildman–Crippen LogP) is 2.28. The van der Waals surface area contributed by atoms with Crippen molar-refractivity contribution in [1.29, 1.82) is 0 Å². The third kappa shape index (κ3) is 3.75. The van der Waals surface area contributed by atoms with Crippen molar-refractivity contribution >= 4 is 0 Å². The van der Waals surface area contributed by atoms with E-state index in [1.54, 1.807) is 0 Å². The topological polar surface area (TPSA) is 9.72 Å². The Morgan fingerprint density at radius 3 is 2.25 bits per heavy atom. The minimum Gasteiger partial charge on any atom is -0.303 e. The van der Waals surface area contributed by atoms with Crippen LogP contribution in [-0.2, 0) is 0 Å². The zero-order chi connectivity index (χ0) is 13.8. The largest absolute Gasteiger partial charge is 0.303 e. The Kier molecular flexibility index (Phi) is 5.36. The van der Waals surface area contributed by atoms with Gasteiger partial charge in [-0.3, -0.25) is 4.90 Å². The van der Waals surface area contributed by atoms with Crippen LogP contribution in [0.15, 0.2) is 0 Å². The second-order valence-electron chi connectivity index (χ2n) is 7.18. The van der Waals surface area contributed by atoms with Crippen molar-refractivity contribution in [2.45, 2.75) is 51.5 Å². The number of hydrogen-bond acceptors (Lipinski definition) is 3. The van der Waals surface area contributed by atoms with E-state index in [1.165, 1.54) is 90.9 Å². The normalized spacial score (nSPS) is 31.9. The van der Waals surface area contributed by atoms with Crippen LogP contribution in [0, 0.1) is 5.92 Å². The van der Waals surface area contributed by atoms with Gasteiger partial charge in [-0.1, -0.05) is 6.92 Å². The van der Waals surface area contributed by atoms with E-state index < -0.39 is 0 Å². The van der Waals surface area contributed by atoms with E-state index in [0.29, 0.717) is 0 Å². The van der Waals surface area contributed by atoms with Crippen molar-refractivity contribution in [1.82, 2.24) is 14.7 Å². The smallest absolute Gasteiger partial charge is 0.0120 e. The van der Waals surface area contributed by atoms with Crippen molar-refractivity contribution in [3.05, 3.63) is 0 Å². The highest BCUT2D eigenvalue weighted by Gasteiger charge is 2.29. The molecular weight excluding hydrogens is 246 g/mol. The molecule has 3 aliphatic heterocycles. The van der Waals surface area contributed by atoms with Gasteiger partial charge in [0.05, 0.1) is 0 Å². The molecule has 3 saturated heterocycles. The van der Waals surface area contributed by atoms with Gasteiger partial charge in [0.25, 0.3) is 0 Å². The molecule has 3 rings (SSSR count). The third-order valence-electron chi connectivity index (χ3n) is 5.79. The first-order valence-corrected chi connectivity index (χ1v) is 9.04. The average Bonchev–Trinajstić information content (AvgIpc) is 3.01. The highest BCUT2D eigenvalue weighted by Crippen LogP contribution is 2.25. The molecule has 3 aliphatic rings. The monoisotopic (exact) mass is 279 g/mol. The lowest BCUT2D eigenvalue weighted by molar-refractivity contribution is 0.0640. The van der Waals surface area contributed by atoms with E-state index in [9.17, 15) is 0 Å². The second-order valence-corrected chi connectivity index (χ2v) is 7.18. The molecule has 0 aromatic heterocycles. The van der Waals surface area contributed by atoms with Crippen LogP contribution in [0.3, 0.4) is 0 Å². The summed E-state index contributed by atoms with van der Waals surface area (Å²) in [4.78, 5) is 8.17. The molecule has 0 amide bonds. The fraction of sp³-hybridized carbons (Fsp3) is 1.00. The minimum atomic E-state index is 0.888. The van der Waals surface area contributed by atoms with Gasteiger partial charge in [0.1, 0.15) is 0 Å². The van der Waals surface area contributed by atoms with Crippen molar-refractivity contribution in [2.24, 2.45) is 5.92 Å². The molecule has 0 bridgehead atoms. The summed E-state index contributed by atoms with van der Waals surface area (Å²) in [6.45, 7) is 13.1. The summed E-state index contributed by atoms with van der Waals surface area (Å²) in [6, 6.07) is 0.888. The van der Waals surface area contributed by atoms with Crippen molar-refractivity contribution in [2.75, 3.05) is 52.4 Å². The van der Waals surface area contributed by atoms with Gasteiger partial charge >= 0.3 is 0 Å². The molecule has 3 heterocycles. The van der Waals surface area contributed by atoms with Gasteiger partial charge in [0.2, 0.25) is 0 Å². The average molecular weight is 279 g/mol. The first-order chi connectivity index (χ1) is 9.85. The Morgan fingerprint density at radius 1 is 0.800 bits per heavy atom. The molecule has 3 heteroatoms. The predicted molar refractivity (Wildman–Crippen MR) is 85.1 cm³/mol. The number of piperidine rings is 2. The van der Waals surface area contributed by atoms with Crippen LogP contribution in [0.5, 0.6) is 0 Å². The number of nitrogens with zero attached hydrogens (tertiary/aromatic N) is 3. The van der Waals surface area contributed by atoms with Crippen LogP contribution >= 0.6 is 0 Å². The summed E-state index contributed by atoms with van der Waals surface area (Å²) in [6.07, 6.45) is 8.60. The van der Waals surface area contributed by atoms with E-state index in [1.807, 2.05) is 0 Å². The maximum absolute atomic E-state index is 2.84. The van der Waals surface area contributed by atoms with Crippen molar-refractivity contribution in [3.8, 4) is 0 Å². The molecular formula is C17H33N3. The molecule has 0 aromatic carbocycles. The van der Waals surface area contributed by atoms with E-state index in [0.717, 1.165) is 12.0 Å². The molecule has 0 N–H and O–H groups in total. The zero-order valence-corrected chi connectivity index (χ0v) is 13.4. The second kappa shape index (κ2) is 7.24. The van der Waals surface area contributed by atoms with Crippen LogP contribution in [-0.4, -0.2) is 73.1 Å². The Labute approximate surface area is 125 Å². The summed E-state index contributed by atoms with van der Waals surface area (Å²) in [7, 11) is 0. The maximum Gasteiger partial charge on any atom is 0.0120 e. The molecule has 0 spiro atoms. The van der Waals surface area contributed by atoms with Crippen LogP contribution in [0.2, 0.25) is 0 Å². The van der Waals surface area contributed by atoms with Crippen molar-refractivity contribution < 1.29 is 0 Å². The van der Waals surface area contributed by atoms with Crippen LogP contribution in [0.25, 0.3) is 0 Å². The molecule has 0 radical (unpaired) electrons. The third-order valence-corrected chi connectivity index (χ3v) is 5.79. The molecule has 0 saturated carbocycles.